The number of carbonyl (C=O) groups excluding carboxylic acids is 2. The number of hydrogen-bond acceptors (Lipinski definition) is 6. The SMILES string of the molecule is C=C(C)C(=O)OCCP(O)C(=O)C[N+](C)(C)C.CC(C(=O)O)N(C)C. The third-order valence-electron chi connectivity index (χ3n) is 2.91. The molecule has 0 aromatic rings. The minimum Gasteiger partial charge on any atom is -0.480 e. The van der Waals surface area contributed by atoms with Crippen molar-refractivity contribution in [2.75, 3.05) is 54.6 Å². The van der Waals surface area contributed by atoms with Crippen molar-refractivity contribution < 1.29 is 33.6 Å². The van der Waals surface area contributed by atoms with Crippen molar-refractivity contribution in [3.63, 3.8) is 0 Å². The standard InChI is InChI=1S/C11H21NO4P.C5H11NO2/c1-9(2)11(14)16-6-7-17(15)10(13)8-12(3,4)5;1-4(5(7)8)6(2)3/h15H,1,6-8H2,2-5H3;4H,1-3H3,(H,7,8)/q+1;. The van der Waals surface area contributed by atoms with Crippen molar-refractivity contribution in [3.05, 3.63) is 12.2 Å². The van der Waals surface area contributed by atoms with Crippen LogP contribution in [-0.4, -0.2) is 97.4 Å². The number of carboxylic acids is 1. The van der Waals surface area contributed by atoms with Crippen LogP contribution in [0.4, 0.5) is 0 Å². The molecule has 2 unspecified atom stereocenters. The fourth-order valence-corrected chi connectivity index (χ4v) is 2.28. The van der Waals surface area contributed by atoms with Gasteiger partial charge in [0.1, 0.15) is 20.7 Å². The Morgan fingerprint density at radius 2 is 1.72 bits per heavy atom. The Balaban J connectivity index is 0. The molecule has 9 heteroatoms. The van der Waals surface area contributed by atoms with E-state index in [-0.39, 0.29) is 30.9 Å². The quantitative estimate of drug-likeness (QED) is 0.264. The lowest BCUT2D eigenvalue weighted by molar-refractivity contribution is -0.861. The molecule has 0 rings (SSSR count). The van der Waals surface area contributed by atoms with E-state index in [0.717, 1.165) is 0 Å². The fraction of sp³-hybridized carbons (Fsp3) is 0.688. The summed E-state index contributed by atoms with van der Waals surface area (Å²) < 4.78 is 5.29. The summed E-state index contributed by atoms with van der Waals surface area (Å²) in [5.41, 5.74) is 0.129. The zero-order chi connectivity index (χ0) is 20.4. The van der Waals surface area contributed by atoms with E-state index < -0.39 is 20.1 Å². The lowest BCUT2D eigenvalue weighted by Gasteiger charge is -2.23. The van der Waals surface area contributed by atoms with Crippen molar-refractivity contribution in [2.45, 2.75) is 19.9 Å². The third kappa shape index (κ3) is 14.7. The number of carboxylic acid groups (broad SMARTS) is 1. The monoisotopic (exact) mass is 379 g/mol. The molecule has 0 aliphatic heterocycles. The molecule has 0 aliphatic carbocycles. The molecular weight excluding hydrogens is 347 g/mol. The molecule has 0 saturated carbocycles. The second kappa shape index (κ2) is 12.1. The van der Waals surface area contributed by atoms with E-state index in [2.05, 4.69) is 6.58 Å². The molecule has 0 fully saturated rings. The van der Waals surface area contributed by atoms with E-state index in [1.165, 1.54) is 0 Å². The summed E-state index contributed by atoms with van der Waals surface area (Å²) in [4.78, 5) is 44.0. The summed E-state index contributed by atoms with van der Waals surface area (Å²) >= 11 is 0. The van der Waals surface area contributed by atoms with Crippen molar-refractivity contribution in [1.29, 1.82) is 0 Å². The molecule has 0 amide bonds. The molecule has 0 aromatic heterocycles. The van der Waals surface area contributed by atoms with Crippen molar-refractivity contribution >= 4 is 25.6 Å². The topological polar surface area (TPSA) is 104 Å². The minimum atomic E-state index is -1.72. The van der Waals surface area contributed by atoms with E-state index in [1.807, 2.05) is 21.1 Å². The van der Waals surface area contributed by atoms with Gasteiger partial charge in [0.05, 0.1) is 27.7 Å². The number of quaternary nitrogens is 1. The second-order valence-corrected chi connectivity index (χ2v) is 8.60. The summed E-state index contributed by atoms with van der Waals surface area (Å²) in [5.74, 6) is -1.28. The smallest absolute Gasteiger partial charge is 0.333 e. The summed E-state index contributed by atoms with van der Waals surface area (Å²) in [7, 11) is 7.38. The Morgan fingerprint density at radius 3 is 2.00 bits per heavy atom. The van der Waals surface area contributed by atoms with Crippen LogP contribution in [0.1, 0.15) is 13.8 Å². The molecule has 2 N–H and O–H groups in total. The average Bonchev–Trinajstić information content (AvgIpc) is 2.44. The van der Waals surface area contributed by atoms with Gasteiger partial charge in [-0.25, -0.2) is 4.79 Å². The second-order valence-electron chi connectivity index (χ2n) is 6.86. The molecule has 8 nitrogen and oxygen atoms in total. The van der Waals surface area contributed by atoms with Crippen LogP contribution >= 0.6 is 8.15 Å². The van der Waals surface area contributed by atoms with Gasteiger partial charge in [0.15, 0.2) is 0 Å². The predicted octanol–water partition coefficient (Wildman–Crippen LogP) is 0.749. The fourth-order valence-electron chi connectivity index (χ4n) is 1.18. The Morgan fingerprint density at radius 1 is 1.24 bits per heavy atom. The zero-order valence-electron chi connectivity index (χ0n) is 16.3. The Labute approximate surface area is 151 Å². The maximum absolute atomic E-state index is 11.6. The number of likely N-dealkylation sites (N-methyl/N-ethyl adjacent to an activating group) is 2. The van der Waals surface area contributed by atoms with Crippen LogP contribution in [0.5, 0.6) is 0 Å². The highest BCUT2D eigenvalue weighted by atomic mass is 31.1. The van der Waals surface area contributed by atoms with E-state index in [0.29, 0.717) is 10.1 Å². The lowest BCUT2D eigenvalue weighted by atomic mass is 10.3. The molecule has 0 bridgehead atoms. The van der Waals surface area contributed by atoms with Crippen LogP contribution in [0.25, 0.3) is 0 Å². The van der Waals surface area contributed by atoms with Gasteiger partial charge in [0.25, 0.3) is 0 Å². The number of rotatable bonds is 9. The number of esters is 1. The zero-order valence-corrected chi connectivity index (χ0v) is 17.2. The Bertz CT molecular complexity index is 474. The van der Waals surface area contributed by atoms with Gasteiger partial charge in [-0.15, -0.1) is 0 Å². The predicted molar refractivity (Wildman–Crippen MR) is 98.5 cm³/mol. The molecule has 0 aliphatic rings. The summed E-state index contributed by atoms with van der Waals surface area (Å²) in [6.07, 6.45) is 0.188. The Kier molecular flexibility index (Phi) is 12.5. The van der Waals surface area contributed by atoms with E-state index >= 15 is 0 Å². The number of hydrogen-bond donors (Lipinski definition) is 2. The molecule has 0 spiro atoms. The van der Waals surface area contributed by atoms with Gasteiger partial charge >= 0.3 is 11.9 Å². The Hall–Kier alpha value is -1.34. The molecule has 0 saturated heterocycles. The molecule has 146 valence electrons. The van der Waals surface area contributed by atoms with E-state index in [1.54, 1.807) is 32.8 Å². The largest absolute Gasteiger partial charge is 0.480 e. The minimum absolute atomic E-state index is 0.0524. The summed E-state index contributed by atoms with van der Waals surface area (Å²) in [5, 5.41) is 8.31. The van der Waals surface area contributed by atoms with Crippen LogP contribution in [0, 0.1) is 0 Å². The first-order valence-corrected chi connectivity index (χ1v) is 9.18. The van der Waals surface area contributed by atoms with Gasteiger partial charge in [-0.2, -0.15) is 0 Å². The van der Waals surface area contributed by atoms with Crippen molar-refractivity contribution in [1.82, 2.24) is 4.90 Å². The number of nitrogens with zero attached hydrogens (tertiary/aromatic N) is 2. The maximum atomic E-state index is 11.6. The maximum Gasteiger partial charge on any atom is 0.333 e. The van der Waals surface area contributed by atoms with Crippen molar-refractivity contribution in [2.24, 2.45) is 0 Å². The highest BCUT2D eigenvalue weighted by Gasteiger charge is 2.22. The molecule has 0 radical (unpaired) electrons. The van der Waals surface area contributed by atoms with Crippen molar-refractivity contribution in [3.8, 4) is 0 Å². The number of aliphatic carboxylic acids is 1. The van der Waals surface area contributed by atoms with Gasteiger partial charge in [0, 0.05) is 11.7 Å². The lowest BCUT2D eigenvalue weighted by Crippen LogP contribution is -2.39. The third-order valence-corrected chi connectivity index (χ3v) is 4.24. The molecular formula is C16H32N2O6P+. The van der Waals surface area contributed by atoms with Gasteiger partial charge < -0.3 is 19.2 Å². The van der Waals surface area contributed by atoms with Gasteiger partial charge in [-0.1, -0.05) is 6.58 Å². The normalized spacial score (nSPS) is 13.3. The number of carbonyl (C=O) groups is 3. The summed E-state index contributed by atoms with van der Waals surface area (Å²) in [6, 6.07) is -0.380. The molecule has 0 aromatic carbocycles. The number of ether oxygens (including phenoxy) is 1. The first-order valence-electron chi connectivity index (χ1n) is 7.70. The van der Waals surface area contributed by atoms with Crippen LogP contribution in [0.3, 0.4) is 0 Å². The summed E-state index contributed by atoms with van der Waals surface area (Å²) in [6.45, 7) is 6.95. The average molecular weight is 379 g/mol. The van der Waals surface area contributed by atoms with Crippen LogP contribution in [-0.2, 0) is 19.1 Å². The molecule has 2 atom stereocenters. The van der Waals surface area contributed by atoms with Gasteiger partial charge in [-0.3, -0.25) is 14.5 Å². The first-order chi connectivity index (χ1) is 11.2. The highest BCUT2D eigenvalue weighted by molar-refractivity contribution is 7.69. The molecule has 0 heterocycles. The highest BCUT2D eigenvalue weighted by Crippen LogP contribution is 2.30. The van der Waals surface area contributed by atoms with Gasteiger partial charge in [-0.05, 0) is 27.9 Å². The van der Waals surface area contributed by atoms with E-state index in [4.69, 9.17) is 9.84 Å². The van der Waals surface area contributed by atoms with E-state index in [9.17, 15) is 19.3 Å². The molecule has 25 heavy (non-hydrogen) atoms. The van der Waals surface area contributed by atoms with Crippen LogP contribution < -0.4 is 0 Å². The first kappa shape index (κ1) is 25.9. The van der Waals surface area contributed by atoms with Crippen LogP contribution in [0.15, 0.2) is 12.2 Å². The van der Waals surface area contributed by atoms with Crippen LogP contribution in [0.2, 0.25) is 0 Å². The van der Waals surface area contributed by atoms with Gasteiger partial charge in [0.2, 0.25) is 5.52 Å².